The van der Waals surface area contributed by atoms with Crippen LogP contribution in [0.5, 0.6) is 0 Å². The van der Waals surface area contributed by atoms with Crippen LogP contribution in [0.4, 0.5) is 0 Å². The number of hydrogen-bond acceptors (Lipinski definition) is 3. The number of ketones is 1. The predicted molar refractivity (Wildman–Crippen MR) is 79.9 cm³/mol. The lowest BCUT2D eigenvalue weighted by atomic mass is 10.1. The van der Waals surface area contributed by atoms with Crippen molar-refractivity contribution in [3.8, 4) is 0 Å². The van der Waals surface area contributed by atoms with Gasteiger partial charge in [-0.25, -0.2) is 0 Å². The second-order valence-electron chi connectivity index (χ2n) is 4.14. The standard InChI is InChI=1S/C11H16I2O3/c1-4-7(14)10-8(5-6-9(12)13)15-11(2,3)16-10/h6,8,10H,4-5H2,1-3H3/t8-,10+/m0/s1. The summed E-state index contributed by atoms with van der Waals surface area (Å²) in [6.45, 7) is 5.55. The molecule has 1 heterocycles. The Morgan fingerprint density at radius 1 is 1.38 bits per heavy atom. The number of hydrogen-bond donors (Lipinski definition) is 0. The molecule has 1 rings (SSSR count). The molecule has 0 aromatic heterocycles. The molecule has 1 aliphatic rings. The minimum absolute atomic E-state index is 0.118. The van der Waals surface area contributed by atoms with Crippen molar-refractivity contribution < 1.29 is 14.3 Å². The van der Waals surface area contributed by atoms with E-state index in [1.165, 1.54) is 1.59 Å². The van der Waals surface area contributed by atoms with Crippen molar-refractivity contribution in [3.05, 3.63) is 7.66 Å². The summed E-state index contributed by atoms with van der Waals surface area (Å²) in [6, 6.07) is 0. The molecule has 2 atom stereocenters. The highest BCUT2D eigenvalue weighted by atomic mass is 127. The number of carbonyl (C=O) groups excluding carboxylic acids is 1. The predicted octanol–water partition coefficient (Wildman–Crippen LogP) is 3.59. The SMILES string of the molecule is CCC(=O)[C@H]1OC(C)(C)O[C@H]1CC=C(I)I. The molecule has 5 heteroatoms. The summed E-state index contributed by atoms with van der Waals surface area (Å²) in [5, 5.41) is 0. The van der Waals surface area contributed by atoms with Gasteiger partial charge in [-0.15, -0.1) is 0 Å². The number of carbonyl (C=O) groups is 1. The summed E-state index contributed by atoms with van der Waals surface area (Å²) >= 11 is 4.48. The smallest absolute Gasteiger partial charge is 0.164 e. The Morgan fingerprint density at radius 2 is 2.00 bits per heavy atom. The third-order valence-corrected chi connectivity index (χ3v) is 3.23. The van der Waals surface area contributed by atoms with Gasteiger partial charge in [0.25, 0.3) is 0 Å². The van der Waals surface area contributed by atoms with Crippen LogP contribution in [-0.2, 0) is 14.3 Å². The second kappa shape index (κ2) is 6.10. The first-order valence-electron chi connectivity index (χ1n) is 5.25. The summed E-state index contributed by atoms with van der Waals surface area (Å²) in [5.41, 5.74) is 0. The maximum absolute atomic E-state index is 11.7. The molecule has 0 N–H and O–H groups in total. The zero-order chi connectivity index (χ0) is 12.3. The number of ether oxygens (including phenoxy) is 2. The van der Waals surface area contributed by atoms with E-state index >= 15 is 0 Å². The topological polar surface area (TPSA) is 35.5 Å². The monoisotopic (exact) mass is 450 g/mol. The van der Waals surface area contributed by atoms with Gasteiger partial charge in [0.2, 0.25) is 0 Å². The van der Waals surface area contributed by atoms with Gasteiger partial charge < -0.3 is 9.47 Å². The Hall–Kier alpha value is 0.790. The highest BCUT2D eigenvalue weighted by molar-refractivity contribution is 14.2. The van der Waals surface area contributed by atoms with Crippen molar-refractivity contribution in [2.45, 2.75) is 51.6 Å². The Bertz CT molecular complexity index is 296. The number of Topliss-reactive ketones (excluding diaryl/α,β-unsaturated/α-hetero) is 1. The maximum Gasteiger partial charge on any atom is 0.164 e. The van der Waals surface area contributed by atoms with Gasteiger partial charge in [-0.05, 0) is 65.5 Å². The van der Waals surface area contributed by atoms with Gasteiger partial charge >= 0.3 is 0 Å². The molecule has 92 valence electrons. The van der Waals surface area contributed by atoms with Crippen molar-refractivity contribution in [1.82, 2.24) is 0 Å². The van der Waals surface area contributed by atoms with Crippen molar-refractivity contribution in [2.24, 2.45) is 0 Å². The van der Waals surface area contributed by atoms with Gasteiger partial charge in [0.1, 0.15) is 6.10 Å². The zero-order valence-electron chi connectivity index (χ0n) is 9.63. The Morgan fingerprint density at radius 3 is 2.50 bits per heavy atom. The van der Waals surface area contributed by atoms with E-state index in [1.807, 2.05) is 20.8 Å². The summed E-state index contributed by atoms with van der Waals surface area (Å²) in [6.07, 6.45) is 2.71. The van der Waals surface area contributed by atoms with Crippen LogP contribution in [0.1, 0.15) is 33.6 Å². The lowest BCUT2D eigenvalue weighted by molar-refractivity contribution is -0.154. The van der Waals surface area contributed by atoms with Crippen LogP contribution >= 0.6 is 45.2 Å². The molecule has 0 spiro atoms. The molecule has 0 aromatic carbocycles. The van der Waals surface area contributed by atoms with E-state index in [2.05, 4.69) is 51.3 Å². The minimum atomic E-state index is -0.648. The Kier molecular flexibility index (Phi) is 5.66. The van der Waals surface area contributed by atoms with Crippen LogP contribution in [-0.4, -0.2) is 23.8 Å². The summed E-state index contributed by atoms with van der Waals surface area (Å²) in [5.74, 6) is -0.530. The molecule has 1 saturated heterocycles. The fourth-order valence-corrected chi connectivity index (χ4v) is 2.20. The van der Waals surface area contributed by atoms with E-state index in [4.69, 9.17) is 9.47 Å². The molecule has 0 aliphatic carbocycles. The summed E-state index contributed by atoms with van der Waals surface area (Å²) in [7, 11) is 0. The van der Waals surface area contributed by atoms with Gasteiger partial charge in [0.05, 0.1) is 6.10 Å². The van der Waals surface area contributed by atoms with Crippen molar-refractivity contribution in [3.63, 3.8) is 0 Å². The minimum Gasteiger partial charge on any atom is -0.344 e. The van der Waals surface area contributed by atoms with Gasteiger partial charge in [-0.1, -0.05) is 13.0 Å². The fraction of sp³-hybridized carbons (Fsp3) is 0.727. The van der Waals surface area contributed by atoms with E-state index in [0.29, 0.717) is 6.42 Å². The van der Waals surface area contributed by atoms with Crippen LogP contribution in [0.25, 0.3) is 0 Å². The van der Waals surface area contributed by atoms with E-state index < -0.39 is 11.9 Å². The van der Waals surface area contributed by atoms with Gasteiger partial charge in [-0.3, -0.25) is 4.79 Å². The average Bonchev–Trinajstić information content (AvgIpc) is 2.49. The molecule has 0 unspecified atom stereocenters. The van der Waals surface area contributed by atoms with E-state index in [0.717, 1.165) is 6.42 Å². The van der Waals surface area contributed by atoms with E-state index in [1.54, 1.807) is 0 Å². The fourth-order valence-electron chi connectivity index (χ4n) is 1.69. The second-order valence-corrected chi connectivity index (χ2v) is 8.53. The normalized spacial score (nSPS) is 27.8. The molecule has 3 nitrogen and oxygen atoms in total. The Balaban J connectivity index is 2.72. The summed E-state index contributed by atoms with van der Waals surface area (Å²) < 4.78 is 12.6. The maximum atomic E-state index is 11.7. The first-order chi connectivity index (χ1) is 7.35. The molecular formula is C11H16I2O3. The third-order valence-electron chi connectivity index (χ3n) is 2.35. The first-order valence-corrected chi connectivity index (χ1v) is 7.41. The van der Waals surface area contributed by atoms with E-state index in [9.17, 15) is 4.79 Å². The molecule has 0 aromatic rings. The van der Waals surface area contributed by atoms with Crippen molar-refractivity contribution in [2.75, 3.05) is 0 Å². The quantitative estimate of drug-likeness (QED) is 0.615. The highest BCUT2D eigenvalue weighted by Crippen LogP contribution is 2.32. The van der Waals surface area contributed by atoms with Crippen molar-refractivity contribution >= 4 is 51.0 Å². The molecule has 0 radical (unpaired) electrons. The largest absolute Gasteiger partial charge is 0.344 e. The zero-order valence-corrected chi connectivity index (χ0v) is 13.9. The third kappa shape index (κ3) is 4.23. The lowest BCUT2D eigenvalue weighted by Gasteiger charge is -2.16. The molecule has 16 heavy (non-hydrogen) atoms. The number of rotatable bonds is 4. The molecule has 0 saturated carbocycles. The molecule has 1 fully saturated rings. The molecule has 0 amide bonds. The molecular weight excluding hydrogens is 434 g/mol. The average molecular weight is 450 g/mol. The highest BCUT2D eigenvalue weighted by Gasteiger charge is 2.43. The lowest BCUT2D eigenvalue weighted by Crippen LogP contribution is -2.30. The van der Waals surface area contributed by atoms with Crippen LogP contribution < -0.4 is 0 Å². The van der Waals surface area contributed by atoms with Crippen LogP contribution in [0.3, 0.4) is 0 Å². The van der Waals surface area contributed by atoms with Crippen molar-refractivity contribution in [1.29, 1.82) is 0 Å². The van der Waals surface area contributed by atoms with Crippen LogP contribution in [0.2, 0.25) is 0 Å². The first kappa shape index (κ1) is 14.8. The van der Waals surface area contributed by atoms with Gasteiger partial charge in [-0.2, -0.15) is 0 Å². The van der Waals surface area contributed by atoms with Gasteiger partial charge in [0, 0.05) is 8.01 Å². The Labute approximate surface area is 124 Å². The molecule has 0 bridgehead atoms. The van der Waals surface area contributed by atoms with Crippen LogP contribution in [0.15, 0.2) is 7.66 Å². The van der Waals surface area contributed by atoms with Crippen LogP contribution in [0, 0.1) is 0 Å². The molecule has 1 aliphatic heterocycles. The van der Waals surface area contributed by atoms with Gasteiger partial charge in [0.15, 0.2) is 11.6 Å². The number of halogens is 2. The van der Waals surface area contributed by atoms with E-state index in [-0.39, 0.29) is 11.9 Å². The summed E-state index contributed by atoms with van der Waals surface area (Å²) in [4.78, 5) is 11.7.